The number of methoxy groups -OCH3 is 2. The van der Waals surface area contributed by atoms with E-state index in [4.69, 9.17) is 9.47 Å². The molecule has 0 atom stereocenters. The van der Waals surface area contributed by atoms with E-state index in [0.717, 1.165) is 5.56 Å². The lowest BCUT2D eigenvalue weighted by Crippen LogP contribution is -2.20. The highest BCUT2D eigenvalue weighted by atomic mass is 32.2. The van der Waals surface area contributed by atoms with Gasteiger partial charge in [-0.25, -0.2) is 8.42 Å². The summed E-state index contributed by atoms with van der Waals surface area (Å²) in [6, 6.07) is 11.0. The van der Waals surface area contributed by atoms with Crippen molar-refractivity contribution in [2.24, 2.45) is 0 Å². The number of benzene rings is 2. The zero-order valence-corrected chi connectivity index (χ0v) is 15.0. The van der Waals surface area contributed by atoms with E-state index in [0.29, 0.717) is 18.0 Å². The van der Waals surface area contributed by atoms with E-state index in [1.54, 1.807) is 25.3 Å². The van der Waals surface area contributed by atoms with E-state index >= 15 is 0 Å². The van der Waals surface area contributed by atoms with Gasteiger partial charge in [0, 0.05) is 19.8 Å². The van der Waals surface area contributed by atoms with Gasteiger partial charge in [0.15, 0.2) is 0 Å². The second-order valence-electron chi connectivity index (χ2n) is 5.18. The first-order valence-electron chi connectivity index (χ1n) is 7.42. The molecule has 2 rings (SSSR count). The maximum Gasteiger partial charge on any atom is 0.261 e. The van der Waals surface area contributed by atoms with Gasteiger partial charge in [0.25, 0.3) is 15.9 Å². The lowest BCUT2D eigenvalue weighted by molar-refractivity contribution is 0.0960. The summed E-state index contributed by atoms with van der Waals surface area (Å²) < 4.78 is 37.9. The average molecular weight is 364 g/mol. The molecule has 0 fully saturated rings. The topological polar surface area (TPSA) is 93.7 Å². The highest BCUT2D eigenvalue weighted by Crippen LogP contribution is 2.24. The molecule has 0 aliphatic heterocycles. The summed E-state index contributed by atoms with van der Waals surface area (Å²) in [5, 5.41) is 2.46. The van der Waals surface area contributed by atoms with Crippen LogP contribution in [0.3, 0.4) is 0 Å². The lowest BCUT2D eigenvalue weighted by atomic mass is 10.2. The summed E-state index contributed by atoms with van der Waals surface area (Å²) in [5.41, 5.74) is 1.39. The molecule has 2 aromatic rings. The Morgan fingerprint density at radius 3 is 2.52 bits per heavy atom. The number of nitrogens with one attached hydrogen (secondary N) is 2. The molecule has 0 aliphatic rings. The van der Waals surface area contributed by atoms with Crippen LogP contribution in [0.15, 0.2) is 47.4 Å². The van der Waals surface area contributed by atoms with Crippen molar-refractivity contribution in [2.45, 2.75) is 11.5 Å². The third-order valence-corrected chi connectivity index (χ3v) is 4.82. The van der Waals surface area contributed by atoms with Crippen molar-refractivity contribution >= 4 is 21.6 Å². The van der Waals surface area contributed by atoms with Gasteiger partial charge in [0.05, 0.1) is 24.2 Å². The van der Waals surface area contributed by atoms with Gasteiger partial charge in [-0.05, 0) is 35.9 Å². The van der Waals surface area contributed by atoms with Crippen LogP contribution < -0.4 is 14.8 Å². The van der Waals surface area contributed by atoms with Gasteiger partial charge in [0.2, 0.25) is 0 Å². The minimum atomic E-state index is -3.86. The third kappa shape index (κ3) is 4.49. The summed E-state index contributed by atoms with van der Waals surface area (Å²) in [6.45, 7) is 0.374. The Hall–Kier alpha value is -2.58. The smallest absolute Gasteiger partial charge is 0.261 e. The van der Waals surface area contributed by atoms with Crippen molar-refractivity contribution in [1.29, 1.82) is 0 Å². The van der Waals surface area contributed by atoms with Crippen LogP contribution in [-0.2, 0) is 21.4 Å². The standard InChI is InChI=1S/C17H20N2O5S/c1-18-17(20)15-10-14(7-8-16(15)24-3)25(21,22)19-13-6-4-5-12(9-13)11-23-2/h4-10,19H,11H2,1-3H3,(H,18,20). The predicted octanol–water partition coefficient (Wildman–Crippen LogP) is 2.00. The SMILES string of the molecule is CNC(=O)c1cc(S(=O)(=O)Nc2cccc(COC)c2)ccc1OC. The molecular weight excluding hydrogens is 344 g/mol. The van der Waals surface area contributed by atoms with Crippen LogP contribution in [0, 0.1) is 0 Å². The van der Waals surface area contributed by atoms with Crippen molar-refractivity contribution < 1.29 is 22.7 Å². The average Bonchev–Trinajstić information content (AvgIpc) is 2.60. The summed E-state index contributed by atoms with van der Waals surface area (Å²) >= 11 is 0. The van der Waals surface area contributed by atoms with Crippen LogP contribution in [-0.4, -0.2) is 35.6 Å². The van der Waals surface area contributed by atoms with E-state index in [1.807, 2.05) is 6.07 Å². The van der Waals surface area contributed by atoms with Crippen molar-refractivity contribution in [3.05, 3.63) is 53.6 Å². The zero-order valence-electron chi connectivity index (χ0n) is 14.2. The van der Waals surface area contributed by atoms with Crippen LogP contribution in [0.25, 0.3) is 0 Å². The molecule has 0 spiro atoms. The predicted molar refractivity (Wildman–Crippen MR) is 94.3 cm³/mol. The van der Waals surface area contributed by atoms with Crippen molar-refractivity contribution in [1.82, 2.24) is 5.32 Å². The number of rotatable bonds is 7. The molecule has 1 amide bonds. The highest BCUT2D eigenvalue weighted by Gasteiger charge is 2.19. The van der Waals surface area contributed by atoms with Crippen LogP contribution in [0.1, 0.15) is 15.9 Å². The Balaban J connectivity index is 2.36. The summed E-state index contributed by atoms with van der Waals surface area (Å²) in [5.74, 6) is -0.142. The number of amides is 1. The number of anilines is 1. The van der Waals surface area contributed by atoms with Crippen LogP contribution in [0.4, 0.5) is 5.69 Å². The molecule has 0 heterocycles. The van der Waals surface area contributed by atoms with E-state index < -0.39 is 15.9 Å². The molecule has 0 saturated carbocycles. The molecule has 0 aliphatic carbocycles. The number of carbonyl (C=O) groups excluding carboxylic acids is 1. The Morgan fingerprint density at radius 2 is 1.88 bits per heavy atom. The van der Waals surface area contributed by atoms with Crippen LogP contribution in [0.5, 0.6) is 5.75 Å². The Labute approximate surface area is 147 Å². The molecule has 0 radical (unpaired) electrons. The number of carbonyl (C=O) groups is 1. The Bertz CT molecular complexity index is 865. The van der Waals surface area contributed by atoms with E-state index in [2.05, 4.69) is 10.0 Å². The molecule has 0 aromatic heterocycles. The second kappa shape index (κ2) is 8.00. The molecule has 134 valence electrons. The first kappa shape index (κ1) is 18.8. The summed E-state index contributed by atoms with van der Waals surface area (Å²) in [7, 11) is 0.576. The number of hydrogen-bond acceptors (Lipinski definition) is 5. The normalized spacial score (nSPS) is 11.0. The molecule has 0 unspecified atom stereocenters. The van der Waals surface area contributed by atoms with Crippen LogP contribution >= 0.6 is 0 Å². The van der Waals surface area contributed by atoms with Gasteiger partial charge in [-0.2, -0.15) is 0 Å². The molecule has 8 heteroatoms. The van der Waals surface area contributed by atoms with E-state index in [1.165, 1.54) is 32.4 Å². The Kier molecular flexibility index (Phi) is 6.00. The fourth-order valence-corrected chi connectivity index (χ4v) is 3.35. The molecule has 7 nitrogen and oxygen atoms in total. The lowest BCUT2D eigenvalue weighted by Gasteiger charge is -2.12. The van der Waals surface area contributed by atoms with Gasteiger partial charge in [-0.15, -0.1) is 0 Å². The van der Waals surface area contributed by atoms with Gasteiger partial charge in [0.1, 0.15) is 5.75 Å². The van der Waals surface area contributed by atoms with Crippen molar-refractivity contribution in [3.8, 4) is 5.75 Å². The number of sulfonamides is 1. The molecule has 0 bridgehead atoms. The highest BCUT2D eigenvalue weighted by molar-refractivity contribution is 7.92. The first-order chi connectivity index (χ1) is 11.9. The van der Waals surface area contributed by atoms with Crippen LogP contribution in [0.2, 0.25) is 0 Å². The molecule has 2 aromatic carbocycles. The third-order valence-electron chi connectivity index (χ3n) is 3.44. The first-order valence-corrected chi connectivity index (χ1v) is 8.90. The minimum Gasteiger partial charge on any atom is -0.496 e. The van der Waals surface area contributed by atoms with E-state index in [9.17, 15) is 13.2 Å². The maximum absolute atomic E-state index is 12.6. The van der Waals surface area contributed by atoms with Gasteiger partial charge >= 0.3 is 0 Å². The van der Waals surface area contributed by atoms with Gasteiger partial charge in [-0.3, -0.25) is 9.52 Å². The zero-order chi connectivity index (χ0) is 18.4. The quantitative estimate of drug-likeness (QED) is 0.784. The molecule has 2 N–H and O–H groups in total. The summed E-state index contributed by atoms with van der Waals surface area (Å²) in [4.78, 5) is 11.9. The maximum atomic E-state index is 12.6. The second-order valence-corrected chi connectivity index (χ2v) is 6.86. The number of hydrogen-bond donors (Lipinski definition) is 2. The summed E-state index contributed by atoms with van der Waals surface area (Å²) in [6.07, 6.45) is 0. The van der Waals surface area contributed by atoms with Crippen molar-refractivity contribution in [3.63, 3.8) is 0 Å². The fourth-order valence-electron chi connectivity index (χ4n) is 2.27. The largest absolute Gasteiger partial charge is 0.496 e. The fraction of sp³-hybridized carbons (Fsp3) is 0.235. The van der Waals surface area contributed by atoms with E-state index in [-0.39, 0.29) is 10.5 Å². The molecular formula is C17H20N2O5S. The van der Waals surface area contributed by atoms with Crippen molar-refractivity contribution in [2.75, 3.05) is 26.0 Å². The van der Waals surface area contributed by atoms with Gasteiger partial charge < -0.3 is 14.8 Å². The van der Waals surface area contributed by atoms with Gasteiger partial charge in [-0.1, -0.05) is 12.1 Å². The monoisotopic (exact) mass is 364 g/mol. The number of ether oxygens (including phenoxy) is 2. The minimum absolute atomic E-state index is 0.0379. The molecule has 0 saturated heterocycles. The Morgan fingerprint density at radius 1 is 1.12 bits per heavy atom. The molecule has 25 heavy (non-hydrogen) atoms.